The van der Waals surface area contributed by atoms with E-state index < -0.39 is 0 Å². The van der Waals surface area contributed by atoms with Crippen LogP contribution in [0.15, 0.2) is 0 Å². The van der Waals surface area contributed by atoms with Gasteiger partial charge in [-0.2, -0.15) is 0 Å². The van der Waals surface area contributed by atoms with Gasteiger partial charge in [0.2, 0.25) is 0 Å². The van der Waals surface area contributed by atoms with Gasteiger partial charge in [0.1, 0.15) is 11.2 Å². The van der Waals surface area contributed by atoms with E-state index >= 15 is 0 Å². The van der Waals surface area contributed by atoms with Crippen molar-refractivity contribution in [1.82, 2.24) is 0 Å². The molecular weight excluding hydrogens is 448 g/mol. The third-order valence-corrected chi connectivity index (χ3v) is 9.51. The number of esters is 2. The fraction of sp³-hybridized carbons (Fsp3) is 0.938. The summed E-state index contributed by atoms with van der Waals surface area (Å²) in [6.45, 7) is 4.47. The second kappa shape index (κ2) is 15.4. The Balaban J connectivity index is 1.64. The predicted molar refractivity (Wildman–Crippen MR) is 147 cm³/mol. The lowest BCUT2D eigenvalue weighted by molar-refractivity contribution is -0.184. The van der Waals surface area contributed by atoms with Crippen LogP contribution in [-0.2, 0) is 19.1 Å². The molecule has 0 aliphatic heterocycles. The largest absolute Gasteiger partial charge is 0.459 e. The van der Waals surface area contributed by atoms with Gasteiger partial charge in [0.25, 0.3) is 0 Å². The average Bonchev–Trinajstić information content (AvgIpc) is 2.90. The maximum atomic E-state index is 13.7. The number of carbonyl (C=O) groups is 2. The second-order valence-electron chi connectivity index (χ2n) is 12.4. The Kier molecular flexibility index (Phi) is 12.6. The van der Waals surface area contributed by atoms with Crippen LogP contribution in [0.5, 0.6) is 0 Å². The zero-order valence-electron chi connectivity index (χ0n) is 23.8. The number of ether oxygens (including phenoxy) is 2. The summed E-state index contributed by atoms with van der Waals surface area (Å²) in [4.78, 5) is 27.3. The van der Waals surface area contributed by atoms with Gasteiger partial charge < -0.3 is 9.47 Å². The summed E-state index contributed by atoms with van der Waals surface area (Å²) >= 11 is 0. The molecule has 4 nitrogen and oxygen atoms in total. The second-order valence-corrected chi connectivity index (χ2v) is 12.4. The molecule has 3 aliphatic rings. The number of carbonyl (C=O) groups excluding carboxylic acids is 2. The van der Waals surface area contributed by atoms with Gasteiger partial charge in [-0.1, -0.05) is 78.1 Å². The van der Waals surface area contributed by atoms with Crippen LogP contribution < -0.4 is 0 Å². The van der Waals surface area contributed by atoms with Gasteiger partial charge in [0.05, 0.1) is 11.8 Å². The maximum absolute atomic E-state index is 13.7. The van der Waals surface area contributed by atoms with Crippen LogP contribution in [0.1, 0.15) is 168 Å². The molecule has 0 amide bonds. The Morgan fingerprint density at radius 1 is 0.556 bits per heavy atom. The minimum absolute atomic E-state index is 0.102. The van der Waals surface area contributed by atoms with Gasteiger partial charge in [-0.3, -0.25) is 9.59 Å². The summed E-state index contributed by atoms with van der Waals surface area (Å²) in [5.74, 6) is -0.841. The third-order valence-electron chi connectivity index (χ3n) is 9.51. The first-order valence-corrected chi connectivity index (χ1v) is 16.0. The van der Waals surface area contributed by atoms with Crippen molar-refractivity contribution in [3.8, 4) is 0 Å². The van der Waals surface area contributed by atoms with Crippen LogP contribution in [0, 0.1) is 11.8 Å². The Morgan fingerprint density at radius 2 is 0.944 bits per heavy atom. The van der Waals surface area contributed by atoms with Gasteiger partial charge in [-0.05, 0) is 89.9 Å². The molecular formula is C32H56O4. The zero-order chi connectivity index (χ0) is 25.7. The van der Waals surface area contributed by atoms with Gasteiger partial charge in [0, 0.05) is 0 Å². The van der Waals surface area contributed by atoms with E-state index in [1.165, 1.54) is 51.4 Å². The fourth-order valence-corrected chi connectivity index (χ4v) is 7.22. The summed E-state index contributed by atoms with van der Waals surface area (Å²) in [7, 11) is 0. The normalized spacial score (nSPS) is 25.7. The standard InChI is InChI=1S/C32H56O4/c1-3-5-7-13-21-31(23-15-9-16-24-31)35-29(33)27-19-11-12-20-28(27)30(34)36-32(22-14-8-6-4-2)25-17-10-18-26-32/h27-28H,3-26H2,1-2H3. The average molecular weight is 505 g/mol. The number of unbranched alkanes of at least 4 members (excludes halogenated alkanes) is 6. The fourth-order valence-electron chi connectivity index (χ4n) is 7.22. The van der Waals surface area contributed by atoms with Gasteiger partial charge in [-0.25, -0.2) is 0 Å². The van der Waals surface area contributed by atoms with Crippen LogP contribution >= 0.6 is 0 Å². The summed E-state index contributed by atoms with van der Waals surface area (Å²) in [5.41, 5.74) is -0.586. The van der Waals surface area contributed by atoms with Crippen LogP contribution in [0.4, 0.5) is 0 Å². The molecule has 36 heavy (non-hydrogen) atoms. The van der Waals surface area contributed by atoms with E-state index in [9.17, 15) is 9.59 Å². The van der Waals surface area contributed by atoms with Crippen molar-refractivity contribution in [1.29, 1.82) is 0 Å². The highest BCUT2D eigenvalue weighted by Crippen LogP contribution is 2.42. The molecule has 0 bridgehead atoms. The van der Waals surface area contributed by atoms with E-state index in [2.05, 4.69) is 13.8 Å². The van der Waals surface area contributed by atoms with Crippen molar-refractivity contribution >= 4 is 11.9 Å². The number of hydrogen-bond donors (Lipinski definition) is 0. The maximum Gasteiger partial charge on any atom is 0.310 e. The lowest BCUT2D eigenvalue weighted by Crippen LogP contribution is -2.45. The SMILES string of the molecule is CCCCCCC1(OC(=O)C2CCCCC2C(=O)OC2(CCCCCC)CCCCC2)CCCCC1. The molecule has 2 unspecified atom stereocenters. The van der Waals surface area contributed by atoms with Gasteiger partial charge in [0.15, 0.2) is 0 Å². The van der Waals surface area contributed by atoms with Gasteiger partial charge in [-0.15, -0.1) is 0 Å². The van der Waals surface area contributed by atoms with Crippen LogP contribution in [0.3, 0.4) is 0 Å². The Labute approximate surface area is 222 Å². The first-order chi connectivity index (χ1) is 17.5. The lowest BCUT2D eigenvalue weighted by atomic mass is 9.77. The molecule has 0 aromatic rings. The van der Waals surface area contributed by atoms with Crippen molar-refractivity contribution in [2.24, 2.45) is 11.8 Å². The molecule has 3 fully saturated rings. The Hall–Kier alpha value is -1.06. The molecule has 0 radical (unpaired) electrons. The highest BCUT2D eigenvalue weighted by atomic mass is 16.6. The zero-order valence-corrected chi connectivity index (χ0v) is 23.8. The predicted octanol–water partition coefficient (Wildman–Crippen LogP) is 9.23. The third kappa shape index (κ3) is 8.76. The molecule has 3 aliphatic carbocycles. The minimum atomic E-state index is -0.318. The monoisotopic (exact) mass is 504 g/mol. The molecule has 208 valence electrons. The molecule has 2 atom stereocenters. The molecule has 0 N–H and O–H groups in total. The molecule has 0 aromatic heterocycles. The van der Waals surface area contributed by atoms with E-state index in [4.69, 9.17) is 9.47 Å². The molecule has 3 rings (SSSR count). The topological polar surface area (TPSA) is 52.6 Å². The van der Waals surface area contributed by atoms with E-state index in [-0.39, 0.29) is 35.0 Å². The Morgan fingerprint density at radius 3 is 1.31 bits per heavy atom. The molecule has 3 saturated carbocycles. The quantitative estimate of drug-likeness (QED) is 0.175. The van der Waals surface area contributed by atoms with Crippen molar-refractivity contribution in [2.75, 3.05) is 0 Å². The van der Waals surface area contributed by atoms with Gasteiger partial charge >= 0.3 is 11.9 Å². The number of hydrogen-bond acceptors (Lipinski definition) is 4. The van der Waals surface area contributed by atoms with E-state index in [1.54, 1.807) is 0 Å². The van der Waals surface area contributed by atoms with Crippen molar-refractivity contribution < 1.29 is 19.1 Å². The smallest absolute Gasteiger partial charge is 0.310 e. The highest BCUT2D eigenvalue weighted by Gasteiger charge is 2.45. The highest BCUT2D eigenvalue weighted by molar-refractivity contribution is 5.82. The summed E-state index contributed by atoms with van der Waals surface area (Å²) in [5, 5.41) is 0. The van der Waals surface area contributed by atoms with E-state index in [0.717, 1.165) is 103 Å². The lowest BCUT2D eigenvalue weighted by Gasteiger charge is -2.41. The van der Waals surface area contributed by atoms with E-state index in [0.29, 0.717) is 0 Å². The molecule has 0 heterocycles. The molecule has 0 saturated heterocycles. The summed E-state index contributed by atoms with van der Waals surface area (Å²) < 4.78 is 12.9. The van der Waals surface area contributed by atoms with Crippen LogP contribution in [0.2, 0.25) is 0 Å². The van der Waals surface area contributed by atoms with E-state index in [1.807, 2.05) is 0 Å². The molecule has 4 heteroatoms. The Bertz CT molecular complexity index is 589. The molecule has 0 spiro atoms. The van der Waals surface area contributed by atoms with Crippen LogP contribution in [0.25, 0.3) is 0 Å². The van der Waals surface area contributed by atoms with Crippen molar-refractivity contribution in [3.05, 3.63) is 0 Å². The van der Waals surface area contributed by atoms with Crippen LogP contribution in [-0.4, -0.2) is 23.1 Å². The summed E-state index contributed by atoms with van der Waals surface area (Å²) in [6, 6.07) is 0. The first-order valence-electron chi connectivity index (χ1n) is 16.0. The summed E-state index contributed by atoms with van der Waals surface area (Å²) in [6.07, 6.45) is 26.3. The number of rotatable bonds is 14. The van der Waals surface area contributed by atoms with Crippen molar-refractivity contribution in [3.63, 3.8) is 0 Å². The molecule has 0 aromatic carbocycles. The minimum Gasteiger partial charge on any atom is -0.459 e. The first kappa shape index (κ1) is 29.5. The van der Waals surface area contributed by atoms with Crippen molar-refractivity contribution in [2.45, 2.75) is 179 Å².